The molecule has 1 rings (SSSR count). The smallest absolute Gasteiger partial charge is 0.333 e. The van der Waals surface area contributed by atoms with Gasteiger partial charge in [-0.05, 0) is 18.6 Å². The van der Waals surface area contributed by atoms with Crippen molar-refractivity contribution < 1.29 is 30.0 Å². The topological polar surface area (TPSA) is 128 Å². The number of aliphatic hydroxyl groups excluding tert-OH is 2. The Morgan fingerprint density at radius 1 is 1.06 bits per heavy atom. The van der Waals surface area contributed by atoms with Crippen molar-refractivity contribution in [2.75, 3.05) is 6.61 Å². The van der Waals surface area contributed by atoms with E-state index in [1.54, 1.807) is 12.4 Å². The van der Waals surface area contributed by atoms with Gasteiger partial charge >= 0.3 is 11.9 Å². The van der Waals surface area contributed by atoms with Crippen LogP contribution in [0.2, 0.25) is 0 Å². The van der Waals surface area contributed by atoms with Gasteiger partial charge in [0, 0.05) is 19.0 Å². The second-order valence-electron chi connectivity index (χ2n) is 3.26. The average molecular weight is 257 g/mol. The molecule has 0 saturated carbocycles. The lowest BCUT2D eigenvalue weighted by Gasteiger charge is -2.13. The molecule has 0 saturated heterocycles. The quantitative estimate of drug-likeness (QED) is 0.564. The van der Waals surface area contributed by atoms with Gasteiger partial charge in [0.15, 0.2) is 6.10 Å². The highest BCUT2D eigenvalue weighted by molar-refractivity contribution is 5.81. The van der Waals surface area contributed by atoms with E-state index in [0.717, 1.165) is 0 Å². The molecular formula is C11H15NO6. The number of aliphatic carboxylic acids is 2. The van der Waals surface area contributed by atoms with Crippen LogP contribution < -0.4 is 0 Å². The SMILES string of the molecule is O=C(O)C(O)C(CCO)C(=O)O.c1ccncc1. The highest BCUT2D eigenvalue weighted by Crippen LogP contribution is 2.09. The molecule has 0 amide bonds. The fourth-order valence-electron chi connectivity index (χ4n) is 1.04. The Balaban J connectivity index is 0.000000397. The van der Waals surface area contributed by atoms with Crippen LogP contribution in [0, 0.1) is 5.92 Å². The molecule has 4 N–H and O–H groups in total. The Morgan fingerprint density at radius 3 is 1.83 bits per heavy atom. The van der Waals surface area contributed by atoms with Gasteiger partial charge in [0.05, 0.1) is 5.92 Å². The van der Waals surface area contributed by atoms with Crippen molar-refractivity contribution in [1.82, 2.24) is 4.98 Å². The zero-order valence-electron chi connectivity index (χ0n) is 9.51. The molecule has 1 aromatic rings. The van der Waals surface area contributed by atoms with E-state index in [1.165, 1.54) is 0 Å². The zero-order chi connectivity index (χ0) is 14.0. The number of pyridine rings is 1. The van der Waals surface area contributed by atoms with E-state index in [1.807, 2.05) is 18.2 Å². The van der Waals surface area contributed by atoms with Crippen LogP contribution in [0.5, 0.6) is 0 Å². The van der Waals surface area contributed by atoms with Crippen molar-refractivity contribution in [2.45, 2.75) is 12.5 Å². The van der Waals surface area contributed by atoms with Gasteiger partial charge in [-0.1, -0.05) is 6.07 Å². The molecule has 0 aliphatic rings. The Labute approximate surface area is 103 Å². The number of hydrogen-bond donors (Lipinski definition) is 4. The minimum Gasteiger partial charge on any atom is -0.481 e. The number of hydrogen-bond acceptors (Lipinski definition) is 5. The summed E-state index contributed by atoms with van der Waals surface area (Å²) in [6, 6.07) is 5.72. The van der Waals surface area contributed by atoms with Crippen molar-refractivity contribution in [3.8, 4) is 0 Å². The molecule has 7 nitrogen and oxygen atoms in total. The molecule has 0 aliphatic heterocycles. The first-order valence-electron chi connectivity index (χ1n) is 5.10. The summed E-state index contributed by atoms with van der Waals surface area (Å²) in [5, 5.41) is 33.8. The normalized spacial score (nSPS) is 12.8. The van der Waals surface area contributed by atoms with Crippen LogP contribution in [-0.2, 0) is 9.59 Å². The lowest BCUT2D eigenvalue weighted by Crippen LogP contribution is -2.35. The summed E-state index contributed by atoms with van der Waals surface area (Å²) in [7, 11) is 0. The van der Waals surface area contributed by atoms with Crippen molar-refractivity contribution in [2.24, 2.45) is 5.92 Å². The van der Waals surface area contributed by atoms with Gasteiger partial charge in [0.2, 0.25) is 0 Å². The molecule has 0 aliphatic carbocycles. The van der Waals surface area contributed by atoms with Crippen molar-refractivity contribution in [3.05, 3.63) is 30.6 Å². The largest absolute Gasteiger partial charge is 0.481 e. The van der Waals surface area contributed by atoms with Gasteiger partial charge in [0.25, 0.3) is 0 Å². The third kappa shape index (κ3) is 6.56. The van der Waals surface area contributed by atoms with Crippen LogP contribution in [0.15, 0.2) is 30.6 Å². The molecule has 0 radical (unpaired) electrons. The fourth-order valence-corrected chi connectivity index (χ4v) is 1.04. The molecule has 0 spiro atoms. The lowest BCUT2D eigenvalue weighted by molar-refractivity contribution is -0.160. The molecule has 7 heteroatoms. The van der Waals surface area contributed by atoms with Crippen LogP contribution in [0.4, 0.5) is 0 Å². The molecule has 100 valence electrons. The van der Waals surface area contributed by atoms with Crippen LogP contribution >= 0.6 is 0 Å². The van der Waals surface area contributed by atoms with Crippen LogP contribution in [0.25, 0.3) is 0 Å². The Hall–Kier alpha value is -1.99. The van der Waals surface area contributed by atoms with Gasteiger partial charge in [-0.3, -0.25) is 9.78 Å². The number of nitrogens with zero attached hydrogens (tertiary/aromatic N) is 1. The molecule has 1 aromatic heterocycles. The summed E-state index contributed by atoms with van der Waals surface area (Å²) >= 11 is 0. The van der Waals surface area contributed by atoms with E-state index >= 15 is 0 Å². The highest BCUT2D eigenvalue weighted by atomic mass is 16.4. The molecule has 0 aromatic carbocycles. The minimum absolute atomic E-state index is 0.275. The Bertz CT molecular complexity index is 329. The summed E-state index contributed by atoms with van der Waals surface area (Å²) in [6.07, 6.45) is 1.26. The van der Waals surface area contributed by atoms with Crippen LogP contribution in [0.1, 0.15) is 6.42 Å². The standard InChI is InChI=1S/C6H10O6.C5H5N/c7-2-1-3(5(9)10)4(8)6(11)12;1-2-4-6-5-3-1/h3-4,7-8H,1-2H2,(H,9,10)(H,11,12);1-5H. The molecule has 2 atom stereocenters. The van der Waals surface area contributed by atoms with Gasteiger partial charge < -0.3 is 20.4 Å². The summed E-state index contributed by atoms with van der Waals surface area (Å²) < 4.78 is 0. The Morgan fingerprint density at radius 2 is 1.61 bits per heavy atom. The number of carboxylic acid groups (broad SMARTS) is 2. The predicted octanol–water partition coefficient (Wildman–Crippen LogP) is -0.403. The molecule has 1 heterocycles. The molecule has 0 bridgehead atoms. The highest BCUT2D eigenvalue weighted by Gasteiger charge is 2.31. The second kappa shape index (κ2) is 9.08. The van der Waals surface area contributed by atoms with E-state index < -0.39 is 30.6 Å². The van der Waals surface area contributed by atoms with Crippen molar-refractivity contribution >= 4 is 11.9 Å². The summed E-state index contributed by atoms with van der Waals surface area (Å²) in [6.45, 7) is -0.471. The maximum atomic E-state index is 10.3. The molecule has 0 fully saturated rings. The maximum absolute atomic E-state index is 10.3. The number of aliphatic hydroxyl groups is 2. The van der Waals surface area contributed by atoms with Crippen molar-refractivity contribution in [3.63, 3.8) is 0 Å². The van der Waals surface area contributed by atoms with E-state index in [9.17, 15) is 9.59 Å². The van der Waals surface area contributed by atoms with E-state index in [0.29, 0.717) is 0 Å². The van der Waals surface area contributed by atoms with Gasteiger partial charge in [-0.25, -0.2) is 4.79 Å². The molecular weight excluding hydrogens is 242 g/mol. The maximum Gasteiger partial charge on any atom is 0.333 e. The number of carbonyl (C=O) groups is 2. The van der Waals surface area contributed by atoms with Crippen LogP contribution in [-0.4, -0.2) is 50.1 Å². The first kappa shape index (κ1) is 16.0. The molecule has 2 unspecified atom stereocenters. The van der Waals surface area contributed by atoms with Gasteiger partial charge in [-0.15, -0.1) is 0 Å². The van der Waals surface area contributed by atoms with E-state index in [4.69, 9.17) is 20.4 Å². The van der Waals surface area contributed by atoms with Gasteiger partial charge in [0.1, 0.15) is 0 Å². The monoisotopic (exact) mass is 257 g/mol. The first-order chi connectivity index (χ1) is 8.50. The first-order valence-corrected chi connectivity index (χ1v) is 5.10. The van der Waals surface area contributed by atoms with Crippen molar-refractivity contribution in [1.29, 1.82) is 0 Å². The van der Waals surface area contributed by atoms with E-state index in [2.05, 4.69) is 4.98 Å². The summed E-state index contributed by atoms with van der Waals surface area (Å²) in [4.78, 5) is 24.2. The number of rotatable bonds is 5. The zero-order valence-corrected chi connectivity index (χ0v) is 9.51. The minimum atomic E-state index is -1.96. The number of carboxylic acids is 2. The van der Waals surface area contributed by atoms with Crippen LogP contribution in [0.3, 0.4) is 0 Å². The average Bonchev–Trinajstić information content (AvgIpc) is 2.37. The summed E-state index contributed by atoms with van der Waals surface area (Å²) in [5.74, 6) is -4.48. The number of aromatic nitrogens is 1. The van der Waals surface area contributed by atoms with Gasteiger partial charge in [-0.2, -0.15) is 0 Å². The van der Waals surface area contributed by atoms with E-state index in [-0.39, 0.29) is 6.42 Å². The third-order valence-electron chi connectivity index (χ3n) is 1.96. The third-order valence-corrected chi connectivity index (χ3v) is 1.96. The second-order valence-corrected chi connectivity index (χ2v) is 3.26. The molecule has 18 heavy (non-hydrogen) atoms. The summed E-state index contributed by atoms with van der Waals surface area (Å²) in [5.41, 5.74) is 0. The predicted molar refractivity (Wildman–Crippen MR) is 60.7 cm³/mol. The fraction of sp³-hybridized carbons (Fsp3) is 0.364. The Kier molecular flexibility index (Phi) is 8.08. The lowest BCUT2D eigenvalue weighted by atomic mass is 9.99.